The third-order valence-corrected chi connectivity index (χ3v) is 6.25. The number of thiazole rings is 1. The van der Waals surface area contributed by atoms with Crippen molar-refractivity contribution < 1.29 is 14.6 Å². The Morgan fingerprint density at radius 2 is 1.79 bits per heavy atom. The first kappa shape index (κ1) is 20.9. The van der Waals surface area contributed by atoms with Crippen molar-refractivity contribution in [1.82, 2.24) is 4.98 Å². The van der Waals surface area contributed by atoms with Gasteiger partial charge in [0.1, 0.15) is 24.7 Å². The molecule has 0 saturated carbocycles. The highest BCUT2D eigenvalue weighted by Crippen LogP contribution is 2.34. The fourth-order valence-electron chi connectivity index (χ4n) is 2.36. The maximum atomic E-state index is 11.0. The number of halogens is 1. The van der Waals surface area contributed by atoms with E-state index in [1.165, 1.54) is 23.1 Å². The van der Waals surface area contributed by atoms with Crippen LogP contribution in [-0.2, 0) is 4.79 Å². The molecule has 1 aromatic heterocycles. The number of aromatic nitrogens is 1. The second kappa shape index (κ2) is 9.09. The highest BCUT2D eigenvalue weighted by molar-refractivity contribution is 8.02. The van der Waals surface area contributed by atoms with E-state index in [9.17, 15) is 9.90 Å². The summed E-state index contributed by atoms with van der Waals surface area (Å²) in [6, 6.07) is 15.3. The molecule has 0 amide bonds. The minimum absolute atomic E-state index is 0.102. The second-order valence-electron chi connectivity index (χ2n) is 6.72. The quantitative estimate of drug-likeness (QED) is 0.367. The molecule has 0 radical (unpaired) electrons. The van der Waals surface area contributed by atoms with Gasteiger partial charge in [0, 0.05) is 10.4 Å². The molecule has 1 unspecified atom stereocenters. The summed E-state index contributed by atoms with van der Waals surface area (Å²) in [7, 11) is 0. The van der Waals surface area contributed by atoms with Crippen molar-refractivity contribution in [3.63, 3.8) is 0 Å². The minimum atomic E-state index is -0.833. The Labute approximate surface area is 177 Å². The number of hydrogen-bond acceptors (Lipinski definition) is 6. The molecule has 0 bridgehead atoms. The van der Waals surface area contributed by atoms with E-state index in [0.29, 0.717) is 16.5 Å². The van der Waals surface area contributed by atoms with Gasteiger partial charge in [0.05, 0.1) is 10.4 Å². The zero-order valence-electron chi connectivity index (χ0n) is 15.5. The van der Waals surface area contributed by atoms with Crippen LogP contribution in [0.15, 0.2) is 58.3 Å². The molecule has 0 spiro atoms. The summed E-state index contributed by atoms with van der Waals surface area (Å²) in [5, 5.41) is 12.8. The van der Waals surface area contributed by atoms with E-state index in [1.807, 2.05) is 62.4 Å². The molecule has 2 aromatic carbocycles. The number of hydrogen-bond donors (Lipinski definition) is 1. The summed E-state index contributed by atoms with van der Waals surface area (Å²) >= 11 is 8.71. The van der Waals surface area contributed by atoms with Gasteiger partial charge in [-0.3, -0.25) is 0 Å². The number of aliphatic hydroxyl groups is 1. The SMILES string of the molecule is CC(C)(C=O)Sc1nc(C(O)COc2ccc(-c3ccc(Cl)cc3)cc2)cs1. The molecule has 146 valence electrons. The monoisotopic (exact) mass is 433 g/mol. The molecule has 7 heteroatoms. The van der Waals surface area contributed by atoms with Crippen molar-refractivity contribution in [1.29, 1.82) is 0 Å². The van der Waals surface area contributed by atoms with E-state index in [4.69, 9.17) is 16.3 Å². The maximum absolute atomic E-state index is 11.0. The predicted molar refractivity (Wildman–Crippen MR) is 115 cm³/mol. The molecule has 0 aliphatic heterocycles. The molecular weight excluding hydrogens is 414 g/mol. The van der Waals surface area contributed by atoms with E-state index in [-0.39, 0.29) is 6.61 Å². The van der Waals surface area contributed by atoms with Crippen molar-refractivity contribution in [3.05, 3.63) is 64.6 Å². The molecular formula is C21H20ClNO3S2. The van der Waals surface area contributed by atoms with E-state index < -0.39 is 10.9 Å². The van der Waals surface area contributed by atoms with Gasteiger partial charge in [-0.05, 0) is 49.2 Å². The lowest BCUT2D eigenvalue weighted by molar-refractivity contribution is -0.109. The number of thioether (sulfide) groups is 1. The normalized spacial score (nSPS) is 12.6. The first-order valence-corrected chi connectivity index (χ1v) is 10.7. The fraction of sp³-hybridized carbons (Fsp3) is 0.238. The zero-order chi connectivity index (χ0) is 20.1. The molecule has 0 saturated heterocycles. The summed E-state index contributed by atoms with van der Waals surface area (Å²) < 4.78 is 5.90. The molecule has 0 fully saturated rings. The third-order valence-electron chi connectivity index (χ3n) is 3.92. The largest absolute Gasteiger partial charge is 0.490 e. The molecule has 28 heavy (non-hydrogen) atoms. The molecule has 1 heterocycles. The lowest BCUT2D eigenvalue weighted by Gasteiger charge is -2.13. The van der Waals surface area contributed by atoms with Gasteiger partial charge in [-0.1, -0.05) is 47.6 Å². The lowest BCUT2D eigenvalue weighted by atomic mass is 10.1. The fourth-order valence-corrected chi connectivity index (χ4v) is 4.71. The van der Waals surface area contributed by atoms with Gasteiger partial charge in [0.15, 0.2) is 4.34 Å². The smallest absolute Gasteiger partial charge is 0.151 e. The van der Waals surface area contributed by atoms with Crippen LogP contribution in [0.4, 0.5) is 0 Å². The second-order valence-corrected chi connectivity index (χ2v) is 9.92. The Morgan fingerprint density at radius 1 is 1.18 bits per heavy atom. The number of rotatable bonds is 8. The van der Waals surface area contributed by atoms with Crippen LogP contribution in [0.25, 0.3) is 11.1 Å². The molecule has 1 atom stereocenters. The highest BCUT2D eigenvalue weighted by Gasteiger charge is 2.21. The molecule has 1 N–H and O–H groups in total. The van der Waals surface area contributed by atoms with Crippen LogP contribution in [0, 0.1) is 0 Å². The summed E-state index contributed by atoms with van der Waals surface area (Å²) in [5.74, 6) is 0.670. The van der Waals surface area contributed by atoms with Crippen molar-refractivity contribution >= 4 is 41.0 Å². The first-order chi connectivity index (χ1) is 13.4. The lowest BCUT2D eigenvalue weighted by Crippen LogP contribution is -2.15. The van der Waals surface area contributed by atoms with Crippen LogP contribution in [-0.4, -0.2) is 27.7 Å². The number of benzene rings is 2. The van der Waals surface area contributed by atoms with Crippen LogP contribution < -0.4 is 4.74 Å². The Bertz CT molecular complexity index is 924. The van der Waals surface area contributed by atoms with Gasteiger partial charge in [0.25, 0.3) is 0 Å². The first-order valence-electron chi connectivity index (χ1n) is 8.64. The van der Waals surface area contributed by atoms with Crippen molar-refractivity contribution in [2.24, 2.45) is 0 Å². The number of carbonyl (C=O) groups excluding carboxylic acids is 1. The van der Waals surface area contributed by atoms with Crippen LogP contribution in [0.5, 0.6) is 5.75 Å². The van der Waals surface area contributed by atoms with Gasteiger partial charge in [-0.15, -0.1) is 11.3 Å². The number of ether oxygens (including phenoxy) is 1. The molecule has 3 rings (SSSR count). The summed E-state index contributed by atoms with van der Waals surface area (Å²) in [4.78, 5) is 15.4. The number of nitrogens with zero attached hydrogens (tertiary/aromatic N) is 1. The summed E-state index contributed by atoms with van der Waals surface area (Å²) in [6.07, 6.45) is 0.0623. The molecule has 4 nitrogen and oxygen atoms in total. The van der Waals surface area contributed by atoms with Crippen LogP contribution in [0.2, 0.25) is 5.02 Å². The predicted octanol–water partition coefficient (Wildman–Crippen LogP) is 5.65. The van der Waals surface area contributed by atoms with Crippen molar-refractivity contribution in [2.45, 2.75) is 29.0 Å². The standard InChI is InChI=1S/C21H20ClNO3S2/c1-21(2,13-24)28-20-23-18(12-27-20)19(25)11-26-17-9-5-15(6-10-17)14-3-7-16(22)8-4-14/h3-10,12-13,19,25H,11H2,1-2H3. The van der Waals surface area contributed by atoms with Gasteiger partial charge in [0.2, 0.25) is 0 Å². The van der Waals surface area contributed by atoms with Gasteiger partial charge in [-0.2, -0.15) is 0 Å². The van der Waals surface area contributed by atoms with Gasteiger partial charge in [-0.25, -0.2) is 4.98 Å². The summed E-state index contributed by atoms with van der Waals surface area (Å²) in [6.45, 7) is 3.77. The molecule has 3 aromatic rings. The topological polar surface area (TPSA) is 59.4 Å². The van der Waals surface area contributed by atoms with Crippen LogP contribution in [0.3, 0.4) is 0 Å². The Balaban J connectivity index is 1.57. The van der Waals surface area contributed by atoms with E-state index in [0.717, 1.165) is 21.8 Å². The minimum Gasteiger partial charge on any atom is -0.490 e. The Kier molecular flexibility index (Phi) is 6.78. The Hall–Kier alpha value is -1.86. The van der Waals surface area contributed by atoms with Crippen molar-refractivity contribution in [3.8, 4) is 16.9 Å². The van der Waals surface area contributed by atoms with Gasteiger partial charge >= 0.3 is 0 Å². The average molecular weight is 434 g/mol. The number of aldehydes is 1. The highest BCUT2D eigenvalue weighted by atomic mass is 35.5. The van der Waals surface area contributed by atoms with Crippen molar-refractivity contribution in [2.75, 3.05) is 6.61 Å². The zero-order valence-corrected chi connectivity index (χ0v) is 17.9. The van der Waals surface area contributed by atoms with Gasteiger partial charge < -0.3 is 14.6 Å². The van der Waals surface area contributed by atoms with E-state index in [1.54, 1.807) is 5.38 Å². The van der Waals surface area contributed by atoms with E-state index in [2.05, 4.69) is 4.98 Å². The van der Waals surface area contributed by atoms with Crippen LogP contribution in [0.1, 0.15) is 25.6 Å². The number of carbonyl (C=O) groups is 1. The summed E-state index contributed by atoms with van der Waals surface area (Å²) in [5.41, 5.74) is 2.68. The molecule has 0 aliphatic carbocycles. The Morgan fingerprint density at radius 3 is 2.39 bits per heavy atom. The van der Waals surface area contributed by atoms with Crippen LogP contribution >= 0.6 is 34.7 Å². The third kappa shape index (κ3) is 5.58. The molecule has 0 aliphatic rings. The number of aliphatic hydroxyl groups excluding tert-OH is 1. The maximum Gasteiger partial charge on any atom is 0.151 e. The van der Waals surface area contributed by atoms with E-state index >= 15 is 0 Å². The average Bonchev–Trinajstić information content (AvgIpc) is 3.15.